The standard InChI is InChI=1S/C14H29NO2/c1-13(2,3)8-10-15-11-9-14(4,5)7-6-12(16)17/h15H,6-11H2,1-5H3,(H,16,17). The molecule has 0 fully saturated rings. The SMILES string of the molecule is CC(C)(C)CCNCCC(C)(C)CCC(=O)O. The summed E-state index contributed by atoms with van der Waals surface area (Å²) in [6.07, 6.45) is 3.23. The van der Waals surface area contributed by atoms with Gasteiger partial charge in [0.1, 0.15) is 0 Å². The first-order chi connectivity index (χ1) is 7.62. The van der Waals surface area contributed by atoms with Gasteiger partial charge in [0.25, 0.3) is 0 Å². The molecule has 0 spiro atoms. The Bertz CT molecular complexity index is 229. The number of aliphatic carboxylic acids is 1. The molecular weight excluding hydrogens is 214 g/mol. The van der Waals surface area contributed by atoms with Crippen molar-refractivity contribution >= 4 is 5.97 Å². The van der Waals surface area contributed by atoms with Crippen LogP contribution in [0.1, 0.15) is 60.3 Å². The highest BCUT2D eigenvalue weighted by atomic mass is 16.4. The van der Waals surface area contributed by atoms with Crippen molar-refractivity contribution in [3.05, 3.63) is 0 Å². The number of nitrogens with one attached hydrogen (secondary N) is 1. The summed E-state index contributed by atoms with van der Waals surface area (Å²) in [4.78, 5) is 10.5. The van der Waals surface area contributed by atoms with E-state index in [4.69, 9.17) is 5.11 Å². The van der Waals surface area contributed by atoms with E-state index in [0.29, 0.717) is 5.41 Å². The van der Waals surface area contributed by atoms with Crippen LogP contribution in [0.3, 0.4) is 0 Å². The molecule has 3 nitrogen and oxygen atoms in total. The Morgan fingerprint density at radius 2 is 1.53 bits per heavy atom. The predicted octanol–water partition coefficient (Wildman–Crippen LogP) is 3.29. The van der Waals surface area contributed by atoms with Gasteiger partial charge in [0, 0.05) is 6.42 Å². The van der Waals surface area contributed by atoms with Crippen molar-refractivity contribution in [1.29, 1.82) is 0 Å². The predicted molar refractivity (Wildman–Crippen MR) is 72.2 cm³/mol. The molecule has 0 saturated carbocycles. The molecule has 0 aliphatic rings. The number of carboxylic acids is 1. The number of carboxylic acid groups (broad SMARTS) is 1. The van der Waals surface area contributed by atoms with Crippen LogP contribution in [0.5, 0.6) is 0 Å². The van der Waals surface area contributed by atoms with Gasteiger partial charge in [0.15, 0.2) is 0 Å². The number of hydrogen-bond acceptors (Lipinski definition) is 2. The molecule has 0 aromatic heterocycles. The Labute approximate surface area is 106 Å². The van der Waals surface area contributed by atoms with Gasteiger partial charge >= 0.3 is 5.97 Å². The van der Waals surface area contributed by atoms with E-state index in [-0.39, 0.29) is 11.8 Å². The van der Waals surface area contributed by atoms with E-state index in [2.05, 4.69) is 39.9 Å². The van der Waals surface area contributed by atoms with Crippen molar-refractivity contribution in [2.45, 2.75) is 60.3 Å². The zero-order chi connectivity index (χ0) is 13.5. The zero-order valence-corrected chi connectivity index (χ0v) is 12.1. The summed E-state index contributed by atoms with van der Waals surface area (Å²) in [6, 6.07) is 0. The molecule has 0 amide bonds. The van der Waals surface area contributed by atoms with Crippen molar-refractivity contribution in [3.63, 3.8) is 0 Å². The minimum absolute atomic E-state index is 0.118. The molecular formula is C14H29NO2. The fourth-order valence-electron chi connectivity index (χ4n) is 1.59. The molecule has 0 saturated heterocycles. The average molecular weight is 243 g/mol. The first-order valence-corrected chi connectivity index (χ1v) is 6.55. The summed E-state index contributed by atoms with van der Waals surface area (Å²) in [5, 5.41) is 12.1. The van der Waals surface area contributed by atoms with Crippen LogP contribution < -0.4 is 5.32 Å². The van der Waals surface area contributed by atoms with Gasteiger partial charge in [-0.05, 0) is 43.2 Å². The van der Waals surface area contributed by atoms with E-state index in [0.717, 1.165) is 25.9 Å². The van der Waals surface area contributed by atoms with Crippen molar-refractivity contribution in [2.75, 3.05) is 13.1 Å². The van der Waals surface area contributed by atoms with Gasteiger partial charge in [0.05, 0.1) is 0 Å². The molecule has 2 N–H and O–H groups in total. The van der Waals surface area contributed by atoms with Gasteiger partial charge in [-0.15, -0.1) is 0 Å². The maximum Gasteiger partial charge on any atom is 0.303 e. The molecule has 0 aliphatic carbocycles. The summed E-state index contributed by atoms with van der Waals surface area (Å²) in [5.74, 6) is -0.696. The van der Waals surface area contributed by atoms with Crippen molar-refractivity contribution in [2.24, 2.45) is 10.8 Å². The van der Waals surface area contributed by atoms with E-state index in [1.807, 2.05) is 0 Å². The molecule has 3 heteroatoms. The van der Waals surface area contributed by atoms with Crippen molar-refractivity contribution in [1.82, 2.24) is 5.32 Å². The van der Waals surface area contributed by atoms with Gasteiger partial charge in [-0.3, -0.25) is 4.79 Å². The highest BCUT2D eigenvalue weighted by Crippen LogP contribution is 2.26. The van der Waals surface area contributed by atoms with Gasteiger partial charge in [-0.1, -0.05) is 34.6 Å². The fourth-order valence-corrected chi connectivity index (χ4v) is 1.59. The van der Waals surface area contributed by atoms with Gasteiger partial charge in [0.2, 0.25) is 0 Å². The number of carbonyl (C=O) groups is 1. The molecule has 0 radical (unpaired) electrons. The van der Waals surface area contributed by atoms with E-state index >= 15 is 0 Å². The molecule has 0 aliphatic heterocycles. The molecule has 17 heavy (non-hydrogen) atoms. The Balaban J connectivity index is 3.62. The molecule has 0 rings (SSSR count). The fraction of sp³-hybridized carbons (Fsp3) is 0.929. The maximum atomic E-state index is 10.5. The Morgan fingerprint density at radius 1 is 1.00 bits per heavy atom. The second-order valence-electron chi connectivity index (χ2n) is 6.87. The molecule has 0 unspecified atom stereocenters. The monoisotopic (exact) mass is 243 g/mol. The summed E-state index contributed by atoms with van der Waals surface area (Å²) in [5.41, 5.74) is 0.499. The first-order valence-electron chi connectivity index (χ1n) is 6.55. The Hall–Kier alpha value is -0.570. The molecule has 0 bridgehead atoms. The minimum atomic E-state index is -0.696. The van der Waals surface area contributed by atoms with Crippen LogP contribution in [0.2, 0.25) is 0 Å². The lowest BCUT2D eigenvalue weighted by molar-refractivity contribution is -0.137. The molecule has 0 aromatic rings. The lowest BCUT2D eigenvalue weighted by atomic mass is 9.84. The quantitative estimate of drug-likeness (QED) is 0.643. The van der Waals surface area contributed by atoms with Crippen LogP contribution in [-0.2, 0) is 4.79 Å². The van der Waals surface area contributed by atoms with Crippen LogP contribution >= 0.6 is 0 Å². The van der Waals surface area contributed by atoms with E-state index in [1.165, 1.54) is 6.42 Å². The van der Waals surface area contributed by atoms with Gasteiger partial charge < -0.3 is 10.4 Å². The molecule has 0 aromatic carbocycles. The van der Waals surface area contributed by atoms with Crippen molar-refractivity contribution < 1.29 is 9.90 Å². The van der Waals surface area contributed by atoms with E-state index in [1.54, 1.807) is 0 Å². The topological polar surface area (TPSA) is 49.3 Å². The summed E-state index contributed by atoms with van der Waals surface area (Å²) in [6.45, 7) is 13.0. The summed E-state index contributed by atoms with van der Waals surface area (Å²) in [7, 11) is 0. The maximum absolute atomic E-state index is 10.5. The van der Waals surface area contributed by atoms with Gasteiger partial charge in [-0.25, -0.2) is 0 Å². The second-order valence-corrected chi connectivity index (χ2v) is 6.87. The molecule has 0 atom stereocenters. The van der Waals surface area contributed by atoms with Crippen LogP contribution in [0.25, 0.3) is 0 Å². The van der Waals surface area contributed by atoms with Crippen LogP contribution in [0.15, 0.2) is 0 Å². The minimum Gasteiger partial charge on any atom is -0.481 e. The molecule has 0 heterocycles. The van der Waals surface area contributed by atoms with Crippen LogP contribution in [0, 0.1) is 10.8 Å². The van der Waals surface area contributed by atoms with Crippen LogP contribution in [-0.4, -0.2) is 24.2 Å². The normalized spacial score (nSPS) is 12.8. The largest absolute Gasteiger partial charge is 0.481 e. The third-order valence-electron chi connectivity index (χ3n) is 3.05. The number of hydrogen-bond donors (Lipinski definition) is 2. The van der Waals surface area contributed by atoms with E-state index < -0.39 is 5.97 Å². The van der Waals surface area contributed by atoms with Crippen LogP contribution in [0.4, 0.5) is 0 Å². The Kier molecular flexibility index (Phi) is 6.76. The summed E-state index contributed by atoms with van der Waals surface area (Å²) < 4.78 is 0. The smallest absolute Gasteiger partial charge is 0.303 e. The Morgan fingerprint density at radius 3 is 2.00 bits per heavy atom. The average Bonchev–Trinajstić information content (AvgIpc) is 2.12. The number of rotatable bonds is 8. The zero-order valence-electron chi connectivity index (χ0n) is 12.1. The molecule has 102 valence electrons. The summed E-state index contributed by atoms with van der Waals surface area (Å²) >= 11 is 0. The highest BCUT2D eigenvalue weighted by molar-refractivity contribution is 5.66. The van der Waals surface area contributed by atoms with Gasteiger partial charge in [-0.2, -0.15) is 0 Å². The first kappa shape index (κ1) is 16.4. The lowest BCUT2D eigenvalue weighted by Crippen LogP contribution is -2.26. The third kappa shape index (κ3) is 11.7. The highest BCUT2D eigenvalue weighted by Gasteiger charge is 2.18. The third-order valence-corrected chi connectivity index (χ3v) is 3.05. The van der Waals surface area contributed by atoms with Crippen molar-refractivity contribution in [3.8, 4) is 0 Å². The second kappa shape index (κ2) is 7.00. The van der Waals surface area contributed by atoms with E-state index in [9.17, 15) is 4.79 Å². The lowest BCUT2D eigenvalue weighted by Gasteiger charge is -2.24.